The van der Waals surface area contributed by atoms with Gasteiger partial charge < -0.3 is 5.32 Å². The van der Waals surface area contributed by atoms with E-state index in [0.29, 0.717) is 6.54 Å². The Balaban J connectivity index is 2.72. The summed E-state index contributed by atoms with van der Waals surface area (Å²) in [5, 5.41) is 2.67. The van der Waals surface area contributed by atoms with Gasteiger partial charge in [-0.05, 0) is 6.08 Å². The number of halogens is 2. The minimum atomic E-state index is -0.764. The Kier molecular flexibility index (Phi) is 1.95. The molecule has 1 N–H and O–H groups in total. The molecule has 0 radical (unpaired) electrons. The average molecular weight is 131 g/mol. The van der Waals surface area contributed by atoms with Crippen molar-refractivity contribution >= 4 is 0 Å². The number of allylic oxidation sites excluding steroid dienone is 2. The Morgan fingerprint density at radius 3 is 3.00 bits per heavy atom. The zero-order chi connectivity index (χ0) is 6.69. The summed E-state index contributed by atoms with van der Waals surface area (Å²) in [6.45, 7) is 0.527. The van der Waals surface area contributed by atoms with Gasteiger partial charge in [-0.25, -0.2) is 8.78 Å². The first kappa shape index (κ1) is 6.42. The van der Waals surface area contributed by atoms with Crippen molar-refractivity contribution in [1.29, 1.82) is 0 Å². The van der Waals surface area contributed by atoms with E-state index in [1.54, 1.807) is 6.08 Å². The van der Waals surface area contributed by atoms with Crippen molar-refractivity contribution in [3.05, 3.63) is 23.8 Å². The molecule has 0 saturated heterocycles. The summed E-state index contributed by atoms with van der Waals surface area (Å²) >= 11 is 0. The standard InChI is InChI=1S/C6H7F2N/c7-5-2-1-3-9-4-6(5)8/h1-2,9H,3-4H2. The van der Waals surface area contributed by atoms with Crippen LogP contribution < -0.4 is 5.32 Å². The molecule has 0 aromatic rings. The van der Waals surface area contributed by atoms with Gasteiger partial charge in [-0.15, -0.1) is 0 Å². The van der Waals surface area contributed by atoms with Crippen LogP contribution in [0, 0.1) is 0 Å². The van der Waals surface area contributed by atoms with E-state index in [-0.39, 0.29) is 6.54 Å². The second kappa shape index (κ2) is 2.73. The third kappa shape index (κ3) is 1.61. The van der Waals surface area contributed by atoms with Gasteiger partial charge in [0.2, 0.25) is 0 Å². The summed E-state index contributed by atoms with van der Waals surface area (Å²) < 4.78 is 24.4. The van der Waals surface area contributed by atoms with Crippen LogP contribution in [0.25, 0.3) is 0 Å². The molecule has 0 aromatic carbocycles. The Morgan fingerprint density at radius 1 is 1.44 bits per heavy atom. The third-order valence-electron chi connectivity index (χ3n) is 1.07. The Bertz CT molecular complexity index is 160. The van der Waals surface area contributed by atoms with Crippen molar-refractivity contribution < 1.29 is 8.78 Å². The predicted octanol–water partition coefficient (Wildman–Crippen LogP) is 1.30. The fourth-order valence-electron chi connectivity index (χ4n) is 0.603. The average Bonchev–Trinajstić information content (AvgIpc) is 1.99. The van der Waals surface area contributed by atoms with Crippen molar-refractivity contribution in [2.75, 3.05) is 13.1 Å². The van der Waals surface area contributed by atoms with E-state index < -0.39 is 11.7 Å². The smallest absolute Gasteiger partial charge is 0.155 e. The highest BCUT2D eigenvalue weighted by Gasteiger charge is 2.03. The summed E-state index contributed by atoms with van der Waals surface area (Å²) in [4.78, 5) is 0. The zero-order valence-electron chi connectivity index (χ0n) is 4.82. The number of hydrogen-bond acceptors (Lipinski definition) is 1. The number of nitrogens with one attached hydrogen (secondary N) is 1. The molecule has 0 atom stereocenters. The first-order valence-electron chi connectivity index (χ1n) is 2.72. The molecule has 0 saturated carbocycles. The fraction of sp³-hybridized carbons (Fsp3) is 0.333. The highest BCUT2D eigenvalue weighted by atomic mass is 19.2. The van der Waals surface area contributed by atoms with Gasteiger partial charge in [0, 0.05) is 6.54 Å². The summed E-state index contributed by atoms with van der Waals surface area (Å²) in [6.07, 6.45) is 2.68. The molecule has 0 aromatic heterocycles. The molecule has 1 rings (SSSR count). The summed E-state index contributed by atoms with van der Waals surface area (Å²) in [7, 11) is 0. The second-order valence-corrected chi connectivity index (χ2v) is 1.79. The molecule has 1 nitrogen and oxygen atoms in total. The summed E-state index contributed by atoms with van der Waals surface area (Å²) in [5.74, 6) is -1.48. The lowest BCUT2D eigenvalue weighted by atomic mass is 10.4. The van der Waals surface area contributed by atoms with E-state index in [0.717, 1.165) is 6.08 Å². The fourth-order valence-corrected chi connectivity index (χ4v) is 0.603. The van der Waals surface area contributed by atoms with E-state index in [2.05, 4.69) is 5.32 Å². The van der Waals surface area contributed by atoms with Crippen LogP contribution in [0.2, 0.25) is 0 Å². The largest absolute Gasteiger partial charge is 0.307 e. The molecule has 9 heavy (non-hydrogen) atoms. The molecule has 1 aliphatic heterocycles. The molecule has 0 fully saturated rings. The lowest BCUT2D eigenvalue weighted by molar-refractivity contribution is 0.528. The Labute approximate surface area is 52.1 Å². The predicted molar refractivity (Wildman–Crippen MR) is 31.3 cm³/mol. The highest BCUT2D eigenvalue weighted by molar-refractivity contribution is 5.18. The van der Waals surface area contributed by atoms with Gasteiger partial charge in [0.05, 0.1) is 6.54 Å². The van der Waals surface area contributed by atoms with Gasteiger partial charge in [-0.2, -0.15) is 0 Å². The van der Waals surface area contributed by atoms with Crippen LogP contribution in [-0.2, 0) is 0 Å². The van der Waals surface area contributed by atoms with Crippen molar-refractivity contribution in [3.63, 3.8) is 0 Å². The van der Waals surface area contributed by atoms with Crippen LogP contribution in [0.3, 0.4) is 0 Å². The first-order valence-corrected chi connectivity index (χ1v) is 2.72. The SMILES string of the molecule is FC1=C(F)CNCC=C1. The van der Waals surface area contributed by atoms with Crippen LogP contribution in [0.5, 0.6) is 0 Å². The molecule has 0 spiro atoms. The number of hydrogen-bond donors (Lipinski definition) is 1. The highest BCUT2D eigenvalue weighted by Crippen LogP contribution is 2.09. The topological polar surface area (TPSA) is 12.0 Å². The van der Waals surface area contributed by atoms with Gasteiger partial charge in [0.25, 0.3) is 0 Å². The second-order valence-electron chi connectivity index (χ2n) is 1.79. The van der Waals surface area contributed by atoms with Crippen molar-refractivity contribution in [1.82, 2.24) is 5.32 Å². The normalized spacial score (nSPS) is 20.2. The molecular formula is C6H7F2N. The number of rotatable bonds is 0. The molecule has 0 amide bonds. The zero-order valence-corrected chi connectivity index (χ0v) is 4.82. The van der Waals surface area contributed by atoms with E-state index in [1.165, 1.54) is 0 Å². The molecule has 0 unspecified atom stereocenters. The molecule has 1 aliphatic rings. The molecule has 0 bridgehead atoms. The van der Waals surface area contributed by atoms with E-state index >= 15 is 0 Å². The maximum Gasteiger partial charge on any atom is 0.155 e. The van der Waals surface area contributed by atoms with Crippen LogP contribution in [0.15, 0.2) is 23.8 Å². The summed E-state index contributed by atoms with van der Waals surface area (Å²) in [6, 6.07) is 0. The lowest BCUT2D eigenvalue weighted by Crippen LogP contribution is -2.14. The van der Waals surface area contributed by atoms with E-state index in [4.69, 9.17) is 0 Å². The van der Waals surface area contributed by atoms with E-state index in [9.17, 15) is 8.78 Å². The molecular weight excluding hydrogens is 124 g/mol. The molecule has 1 heterocycles. The van der Waals surface area contributed by atoms with Crippen LogP contribution in [0.4, 0.5) is 8.78 Å². The van der Waals surface area contributed by atoms with Crippen molar-refractivity contribution in [2.45, 2.75) is 0 Å². The van der Waals surface area contributed by atoms with Crippen LogP contribution in [-0.4, -0.2) is 13.1 Å². The Morgan fingerprint density at radius 2 is 2.22 bits per heavy atom. The Hall–Kier alpha value is -0.700. The van der Waals surface area contributed by atoms with Gasteiger partial charge in [0.15, 0.2) is 5.83 Å². The van der Waals surface area contributed by atoms with Gasteiger partial charge in [0.1, 0.15) is 5.83 Å². The minimum absolute atomic E-state index is 0.00116. The minimum Gasteiger partial charge on any atom is -0.307 e. The van der Waals surface area contributed by atoms with Gasteiger partial charge in [-0.1, -0.05) is 6.08 Å². The van der Waals surface area contributed by atoms with Crippen molar-refractivity contribution in [2.24, 2.45) is 0 Å². The monoisotopic (exact) mass is 131 g/mol. The first-order chi connectivity index (χ1) is 4.30. The molecule has 50 valence electrons. The van der Waals surface area contributed by atoms with Crippen LogP contribution in [0.1, 0.15) is 0 Å². The quantitative estimate of drug-likeness (QED) is 0.522. The summed E-state index contributed by atoms with van der Waals surface area (Å²) in [5.41, 5.74) is 0. The lowest BCUT2D eigenvalue weighted by Gasteiger charge is -1.93. The van der Waals surface area contributed by atoms with Gasteiger partial charge in [-0.3, -0.25) is 0 Å². The van der Waals surface area contributed by atoms with Crippen LogP contribution >= 0.6 is 0 Å². The third-order valence-corrected chi connectivity index (χ3v) is 1.07. The maximum absolute atomic E-state index is 12.2. The molecule has 3 heteroatoms. The van der Waals surface area contributed by atoms with Crippen molar-refractivity contribution in [3.8, 4) is 0 Å². The van der Waals surface area contributed by atoms with E-state index in [1.807, 2.05) is 0 Å². The van der Waals surface area contributed by atoms with Gasteiger partial charge >= 0.3 is 0 Å². The maximum atomic E-state index is 12.2. The molecule has 0 aliphatic carbocycles.